The van der Waals surface area contributed by atoms with Gasteiger partial charge in [-0.2, -0.15) is 0 Å². The van der Waals surface area contributed by atoms with E-state index >= 15 is 0 Å². The number of allylic oxidation sites excluding steroid dienone is 1. The fourth-order valence-corrected chi connectivity index (χ4v) is 3.46. The molecule has 0 radical (unpaired) electrons. The molecule has 1 atom stereocenters. The molecule has 2 aliphatic rings. The van der Waals surface area contributed by atoms with Crippen molar-refractivity contribution >= 4 is 11.9 Å². The Morgan fingerprint density at radius 2 is 2.00 bits per heavy atom. The molecule has 0 aliphatic heterocycles. The predicted molar refractivity (Wildman–Crippen MR) is 71.1 cm³/mol. The first-order valence-corrected chi connectivity index (χ1v) is 7.05. The van der Waals surface area contributed by atoms with E-state index in [2.05, 4.69) is 0 Å². The summed E-state index contributed by atoms with van der Waals surface area (Å²) in [7, 11) is 0. The molecule has 3 rings (SSSR count). The second kappa shape index (κ2) is 4.75. The van der Waals surface area contributed by atoms with Gasteiger partial charge in [-0.25, -0.2) is 0 Å². The number of ketones is 1. The molecule has 0 saturated heterocycles. The van der Waals surface area contributed by atoms with E-state index in [0.29, 0.717) is 17.6 Å². The van der Waals surface area contributed by atoms with Gasteiger partial charge in [-0.1, -0.05) is 12.8 Å². The van der Waals surface area contributed by atoms with Crippen LogP contribution in [-0.4, -0.2) is 5.78 Å². The molecule has 18 heavy (non-hydrogen) atoms. The van der Waals surface area contributed by atoms with Crippen LogP contribution in [0.1, 0.15) is 50.0 Å². The van der Waals surface area contributed by atoms with Crippen molar-refractivity contribution in [3.8, 4) is 0 Å². The van der Waals surface area contributed by atoms with Crippen LogP contribution in [0.25, 0.3) is 6.08 Å². The molecule has 96 valence electrons. The summed E-state index contributed by atoms with van der Waals surface area (Å²) < 4.78 is 5.53. The van der Waals surface area contributed by atoms with E-state index in [4.69, 9.17) is 4.42 Å². The number of carbonyl (C=O) groups is 1. The summed E-state index contributed by atoms with van der Waals surface area (Å²) in [6.45, 7) is 1.93. The van der Waals surface area contributed by atoms with E-state index < -0.39 is 0 Å². The summed E-state index contributed by atoms with van der Waals surface area (Å²) in [6.07, 6.45) is 9.06. The van der Waals surface area contributed by atoms with E-state index in [1.54, 1.807) is 0 Å². The van der Waals surface area contributed by atoms with E-state index in [-0.39, 0.29) is 0 Å². The first-order valence-electron chi connectivity index (χ1n) is 7.05. The number of aryl methyl sites for hydroxylation is 1. The number of hydrogen-bond donors (Lipinski definition) is 0. The molecular weight excluding hydrogens is 224 g/mol. The summed E-state index contributed by atoms with van der Waals surface area (Å²) in [5, 5.41) is 0. The molecule has 2 fully saturated rings. The van der Waals surface area contributed by atoms with Crippen LogP contribution in [0, 0.1) is 18.8 Å². The minimum Gasteiger partial charge on any atom is -0.462 e. The highest BCUT2D eigenvalue weighted by Gasteiger charge is 2.36. The Kier molecular flexibility index (Phi) is 3.11. The SMILES string of the molecule is Cc1ccc(/C=C2\CC[C@@H](C3CCCC3)C2=O)o1. The normalized spacial score (nSPS) is 27.5. The summed E-state index contributed by atoms with van der Waals surface area (Å²) in [4.78, 5) is 12.4. The molecule has 2 saturated carbocycles. The van der Waals surface area contributed by atoms with Crippen molar-refractivity contribution in [2.45, 2.75) is 45.4 Å². The lowest BCUT2D eigenvalue weighted by Crippen LogP contribution is -2.16. The Balaban J connectivity index is 1.75. The molecule has 2 heteroatoms. The van der Waals surface area contributed by atoms with Crippen molar-refractivity contribution in [1.82, 2.24) is 0 Å². The predicted octanol–water partition coefficient (Wildman–Crippen LogP) is 4.14. The first-order chi connectivity index (χ1) is 8.74. The number of carbonyl (C=O) groups excluding carboxylic acids is 1. The highest BCUT2D eigenvalue weighted by Crippen LogP contribution is 2.40. The van der Waals surface area contributed by atoms with Gasteiger partial charge in [-0.3, -0.25) is 4.79 Å². The van der Waals surface area contributed by atoms with Gasteiger partial charge < -0.3 is 4.42 Å². The molecule has 0 amide bonds. The minimum atomic E-state index is 0.301. The molecule has 0 unspecified atom stereocenters. The Bertz CT molecular complexity index is 475. The van der Waals surface area contributed by atoms with Gasteiger partial charge >= 0.3 is 0 Å². The molecule has 2 aliphatic carbocycles. The third-order valence-corrected chi connectivity index (χ3v) is 4.42. The number of furan rings is 1. The van der Waals surface area contributed by atoms with Gasteiger partial charge in [0.05, 0.1) is 0 Å². The second-order valence-electron chi connectivity index (χ2n) is 5.67. The highest BCUT2D eigenvalue weighted by molar-refractivity contribution is 6.03. The summed E-state index contributed by atoms with van der Waals surface area (Å²) in [5.74, 6) is 3.06. The Labute approximate surface area is 108 Å². The van der Waals surface area contributed by atoms with Gasteiger partial charge in [0.2, 0.25) is 0 Å². The molecule has 1 aromatic heterocycles. The largest absolute Gasteiger partial charge is 0.462 e. The van der Waals surface area contributed by atoms with E-state index in [1.807, 2.05) is 25.1 Å². The average Bonchev–Trinajstić information content (AvgIpc) is 3.04. The topological polar surface area (TPSA) is 30.2 Å². The second-order valence-corrected chi connectivity index (χ2v) is 5.67. The third-order valence-electron chi connectivity index (χ3n) is 4.42. The first kappa shape index (κ1) is 11.8. The Hall–Kier alpha value is -1.31. The van der Waals surface area contributed by atoms with Crippen LogP contribution < -0.4 is 0 Å². The van der Waals surface area contributed by atoms with Crippen molar-refractivity contribution in [3.63, 3.8) is 0 Å². The van der Waals surface area contributed by atoms with Crippen molar-refractivity contribution < 1.29 is 9.21 Å². The Morgan fingerprint density at radius 1 is 1.22 bits per heavy atom. The molecule has 0 spiro atoms. The zero-order chi connectivity index (χ0) is 12.5. The van der Waals surface area contributed by atoms with Crippen LogP contribution in [0.3, 0.4) is 0 Å². The summed E-state index contributed by atoms with van der Waals surface area (Å²) in [6, 6.07) is 3.89. The van der Waals surface area contributed by atoms with Crippen molar-refractivity contribution in [3.05, 3.63) is 29.2 Å². The lowest BCUT2D eigenvalue weighted by Gasteiger charge is -2.15. The van der Waals surface area contributed by atoms with Gasteiger partial charge in [0, 0.05) is 5.92 Å². The molecule has 1 aromatic rings. The summed E-state index contributed by atoms with van der Waals surface area (Å²) >= 11 is 0. The molecule has 2 nitrogen and oxygen atoms in total. The molecule has 0 N–H and O–H groups in total. The van der Waals surface area contributed by atoms with Crippen molar-refractivity contribution in [2.75, 3.05) is 0 Å². The van der Waals surface area contributed by atoms with E-state index in [9.17, 15) is 4.79 Å². The fourth-order valence-electron chi connectivity index (χ4n) is 3.46. The summed E-state index contributed by atoms with van der Waals surface area (Å²) in [5.41, 5.74) is 0.973. The highest BCUT2D eigenvalue weighted by atomic mass is 16.3. The zero-order valence-electron chi connectivity index (χ0n) is 10.9. The molecule has 0 bridgehead atoms. The van der Waals surface area contributed by atoms with Gasteiger partial charge in [-0.15, -0.1) is 0 Å². The standard InChI is InChI=1S/C16H20O2/c1-11-6-8-14(18-11)10-13-7-9-15(16(13)17)12-4-2-3-5-12/h6,8,10,12,15H,2-5,7,9H2,1H3/b13-10+/t15-/m0/s1. The van der Waals surface area contributed by atoms with E-state index in [1.165, 1.54) is 25.7 Å². The molecule has 0 aromatic carbocycles. The van der Waals surface area contributed by atoms with E-state index in [0.717, 1.165) is 29.9 Å². The average molecular weight is 244 g/mol. The minimum absolute atomic E-state index is 0.301. The maximum absolute atomic E-state index is 12.4. The number of rotatable bonds is 2. The Morgan fingerprint density at radius 3 is 2.67 bits per heavy atom. The van der Waals surface area contributed by atoms with Gasteiger partial charge in [-0.05, 0) is 62.3 Å². The van der Waals surface area contributed by atoms with Crippen molar-refractivity contribution in [1.29, 1.82) is 0 Å². The monoisotopic (exact) mass is 244 g/mol. The van der Waals surface area contributed by atoms with Gasteiger partial charge in [0.25, 0.3) is 0 Å². The number of Topliss-reactive ketones (excluding diaryl/α,β-unsaturated/α-hetero) is 1. The maximum Gasteiger partial charge on any atom is 0.162 e. The fraction of sp³-hybridized carbons (Fsp3) is 0.562. The van der Waals surface area contributed by atoms with Crippen molar-refractivity contribution in [2.24, 2.45) is 11.8 Å². The lowest BCUT2D eigenvalue weighted by molar-refractivity contribution is -0.119. The van der Waals surface area contributed by atoms with Crippen LogP contribution in [0.15, 0.2) is 22.1 Å². The maximum atomic E-state index is 12.4. The zero-order valence-corrected chi connectivity index (χ0v) is 10.9. The quantitative estimate of drug-likeness (QED) is 0.732. The van der Waals surface area contributed by atoms with Crippen LogP contribution in [0.4, 0.5) is 0 Å². The van der Waals surface area contributed by atoms with Gasteiger partial charge in [0.15, 0.2) is 5.78 Å². The van der Waals surface area contributed by atoms with Crippen LogP contribution in [0.2, 0.25) is 0 Å². The van der Waals surface area contributed by atoms with Crippen LogP contribution >= 0.6 is 0 Å². The third kappa shape index (κ3) is 2.16. The lowest BCUT2D eigenvalue weighted by atomic mass is 9.88. The molecular formula is C16H20O2. The number of hydrogen-bond acceptors (Lipinski definition) is 2. The van der Waals surface area contributed by atoms with Crippen LogP contribution in [-0.2, 0) is 4.79 Å². The molecule has 1 heterocycles. The smallest absolute Gasteiger partial charge is 0.162 e. The van der Waals surface area contributed by atoms with Gasteiger partial charge in [0.1, 0.15) is 11.5 Å². The van der Waals surface area contributed by atoms with Crippen LogP contribution in [0.5, 0.6) is 0 Å².